The Labute approximate surface area is 278 Å². The van der Waals surface area contributed by atoms with Crippen molar-refractivity contribution in [2.45, 2.75) is 65.2 Å². The molecule has 232 valence electrons. The molecule has 0 amide bonds. The fourth-order valence-corrected chi connectivity index (χ4v) is 7.61. The largest absolute Gasteiger partial charge is 0.309 e. The van der Waals surface area contributed by atoms with Crippen LogP contribution in [0.5, 0.6) is 0 Å². The summed E-state index contributed by atoms with van der Waals surface area (Å²) in [6.07, 6.45) is 8.97. The Balaban J connectivity index is 1.34. The third-order valence-electron chi connectivity index (χ3n) is 10.2. The van der Waals surface area contributed by atoms with Gasteiger partial charge in [-0.1, -0.05) is 133 Å². The molecule has 0 N–H and O–H groups in total. The summed E-state index contributed by atoms with van der Waals surface area (Å²) in [5.41, 5.74) is 11.9. The molecule has 0 radical (unpaired) electrons. The molecule has 1 aromatic heterocycles. The topological polar surface area (TPSA) is 4.93 Å². The van der Waals surface area contributed by atoms with E-state index in [0.29, 0.717) is 0 Å². The van der Waals surface area contributed by atoms with Crippen LogP contribution in [-0.4, -0.2) is 4.57 Å². The molecule has 0 atom stereocenters. The predicted octanol–water partition coefficient (Wildman–Crippen LogP) is 13.1. The van der Waals surface area contributed by atoms with Crippen LogP contribution in [0.1, 0.15) is 71.1 Å². The second kappa shape index (κ2) is 10.8. The molecule has 0 saturated heterocycles. The Kier molecular flexibility index (Phi) is 6.81. The highest BCUT2D eigenvalue weighted by molar-refractivity contribution is 6.19. The molecule has 0 saturated carbocycles. The molecule has 1 heterocycles. The molecule has 8 rings (SSSR count). The van der Waals surface area contributed by atoms with E-state index in [0.717, 1.165) is 12.8 Å². The summed E-state index contributed by atoms with van der Waals surface area (Å²) in [6.45, 7) is 13.8. The summed E-state index contributed by atoms with van der Waals surface area (Å²) in [4.78, 5) is 0. The normalized spacial score (nSPS) is 14.0. The predicted molar refractivity (Wildman–Crippen MR) is 205 cm³/mol. The van der Waals surface area contributed by atoms with Crippen LogP contribution in [0.15, 0.2) is 127 Å². The summed E-state index contributed by atoms with van der Waals surface area (Å²) in [5.74, 6) is 0. The highest BCUT2D eigenvalue weighted by Gasteiger charge is 2.22. The van der Waals surface area contributed by atoms with Crippen LogP contribution in [0.25, 0.3) is 65.7 Å². The van der Waals surface area contributed by atoms with Gasteiger partial charge < -0.3 is 4.57 Å². The van der Waals surface area contributed by atoms with Gasteiger partial charge in [-0.05, 0) is 115 Å². The van der Waals surface area contributed by atoms with Crippen molar-refractivity contribution in [1.29, 1.82) is 0 Å². The third kappa shape index (κ3) is 4.92. The van der Waals surface area contributed by atoms with Crippen LogP contribution in [0.2, 0.25) is 0 Å². The number of nitrogens with zero attached hydrogens (tertiary/aromatic N) is 1. The zero-order valence-corrected chi connectivity index (χ0v) is 28.5. The second-order valence-electron chi connectivity index (χ2n) is 15.3. The van der Waals surface area contributed by atoms with E-state index in [2.05, 4.69) is 174 Å². The first-order valence-corrected chi connectivity index (χ1v) is 17.1. The molecule has 1 nitrogen and oxygen atoms in total. The Morgan fingerprint density at radius 2 is 1.00 bits per heavy atom. The Bertz CT molecular complexity index is 2270. The lowest BCUT2D eigenvalue weighted by atomic mass is 9.84. The first-order chi connectivity index (χ1) is 22.6. The monoisotopic (exact) mass is 609 g/mol. The lowest BCUT2D eigenvalue weighted by Gasteiger charge is -2.20. The van der Waals surface area contributed by atoms with Crippen molar-refractivity contribution >= 4 is 48.9 Å². The number of hydrogen-bond donors (Lipinski definition) is 0. The third-order valence-corrected chi connectivity index (χ3v) is 10.2. The number of aromatic nitrogens is 1. The first-order valence-electron chi connectivity index (χ1n) is 17.1. The quantitative estimate of drug-likeness (QED) is 0.176. The van der Waals surface area contributed by atoms with Gasteiger partial charge in [0.2, 0.25) is 0 Å². The number of rotatable bonds is 3. The zero-order chi connectivity index (χ0) is 32.5. The molecule has 1 aliphatic carbocycles. The van der Waals surface area contributed by atoms with E-state index in [1.54, 1.807) is 0 Å². The van der Waals surface area contributed by atoms with Gasteiger partial charge in [-0.15, -0.1) is 0 Å². The van der Waals surface area contributed by atoms with Gasteiger partial charge in [-0.25, -0.2) is 0 Å². The molecule has 1 aliphatic rings. The maximum absolute atomic E-state index is 2.45. The van der Waals surface area contributed by atoms with Gasteiger partial charge in [-0.3, -0.25) is 0 Å². The van der Waals surface area contributed by atoms with Crippen LogP contribution in [0, 0.1) is 0 Å². The fraction of sp³-hybridized carbons (Fsp3) is 0.217. The Morgan fingerprint density at radius 3 is 1.45 bits per heavy atom. The summed E-state index contributed by atoms with van der Waals surface area (Å²) in [7, 11) is 0. The molecular formula is C46H43N. The van der Waals surface area contributed by atoms with Gasteiger partial charge in [0, 0.05) is 16.5 Å². The minimum Gasteiger partial charge on any atom is -0.309 e. The Morgan fingerprint density at radius 1 is 0.511 bits per heavy atom. The minimum absolute atomic E-state index is 0.0806. The van der Waals surface area contributed by atoms with Crippen molar-refractivity contribution in [1.82, 2.24) is 4.57 Å². The summed E-state index contributed by atoms with van der Waals surface area (Å²) < 4.78 is 2.45. The summed E-state index contributed by atoms with van der Waals surface area (Å²) in [6, 6.07) is 41.4. The van der Waals surface area contributed by atoms with E-state index in [4.69, 9.17) is 0 Å². The van der Waals surface area contributed by atoms with Crippen molar-refractivity contribution in [3.8, 4) is 16.8 Å². The van der Waals surface area contributed by atoms with E-state index in [-0.39, 0.29) is 10.8 Å². The number of allylic oxidation sites excluding steroid dienone is 4. The van der Waals surface area contributed by atoms with Crippen molar-refractivity contribution in [2.75, 3.05) is 0 Å². The fourth-order valence-electron chi connectivity index (χ4n) is 7.61. The highest BCUT2D eigenvalue weighted by Crippen LogP contribution is 2.44. The van der Waals surface area contributed by atoms with E-state index in [1.165, 1.54) is 82.4 Å². The number of fused-ring (bicyclic) bond motifs is 5. The van der Waals surface area contributed by atoms with Crippen LogP contribution >= 0.6 is 0 Å². The van der Waals surface area contributed by atoms with E-state index in [1.807, 2.05) is 0 Å². The maximum atomic E-state index is 2.45. The maximum Gasteiger partial charge on any atom is 0.0541 e. The van der Waals surface area contributed by atoms with E-state index >= 15 is 0 Å². The van der Waals surface area contributed by atoms with Crippen LogP contribution < -0.4 is 0 Å². The molecule has 1 heteroatoms. The SMILES string of the molecule is CC(C)(C)c1ccc2c(c1)c1cc(C(C)(C)C)ccc1n2-c1ccc(-c2c3ccccc3c(C3=CC=CCC3)c3ccccc23)cc1. The van der Waals surface area contributed by atoms with Gasteiger partial charge >= 0.3 is 0 Å². The Hall–Kier alpha value is -4.88. The average Bonchev–Trinajstić information content (AvgIpc) is 3.40. The van der Waals surface area contributed by atoms with Crippen LogP contribution in [-0.2, 0) is 10.8 Å². The molecule has 0 unspecified atom stereocenters. The van der Waals surface area contributed by atoms with Crippen molar-refractivity contribution < 1.29 is 0 Å². The molecule has 47 heavy (non-hydrogen) atoms. The number of hydrogen-bond acceptors (Lipinski definition) is 0. The second-order valence-corrected chi connectivity index (χ2v) is 15.3. The minimum atomic E-state index is 0.0806. The highest BCUT2D eigenvalue weighted by atomic mass is 15.0. The van der Waals surface area contributed by atoms with Gasteiger partial charge in [-0.2, -0.15) is 0 Å². The molecular weight excluding hydrogens is 567 g/mol. The van der Waals surface area contributed by atoms with Crippen molar-refractivity contribution in [2.24, 2.45) is 0 Å². The van der Waals surface area contributed by atoms with Crippen LogP contribution in [0.3, 0.4) is 0 Å². The van der Waals surface area contributed by atoms with Crippen molar-refractivity contribution in [3.05, 3.63) is 144 Å². The van der Waals surface area contributed by atoms with E-state index in [9.17, 15) is 0 Å². The van der Waals surface area contributed by atoms with Gasteiger partial charge in [0.15, 0.2) is 0 Å². The molecule has 0 spiro atoms. The molecule has 6 aromatic carbocycles. The lowest BCUT2D eigenvalue weighted by Crippen LogP contribution is -2.10. The first kappa shape index (κ1) is 29.5. The molecule has 0 bridgehead atoms. The lowest BCUT2D eigenvalue weighted by molar-refractivity contribution is 0.590. The van der Waals surface area contributed by atoms with Crippen molar-refractivity contribution in [3.63, 3.8) is 0 Å². The van der Waals surface area contributed by atoms with E-state index < -0.39 is 0 Å². The summed E-state index contributed by atoms with van der Waals surface area (Å²) >= 11 is 0. The van der Waals surface area contributed by atoms with Gasteiger partial charge in [0.1, 0.15) is 0 Å². The summed E-state index contributed by atoms with van der Waals surface area (Å²) in [5, 5.41) is 7.93. The van der Waals surface area contributed by atoms with Gasteiger partial charge in [0.25, 0.3) is 0 Å². The number of benzene rings is 6. The zero-order valence-electron chi connectivity index (χ0n) is 28.5. The molecule has 7 aromatic rings. The van der Waals surface area contributed by atoms with Crippen LogP contribution in [0.4, 0.5) is 0 Å². The standard InChI is InChI=1S/C46H43N/c1-45(2,3)32-22-26-41-39(28-32)40-29-33(46(4,5)6)23-27-42(40)47(41)34-24-20-31(21-25-34)44-37-18-12-10-16-35(37)43(30-14-8-7-9-15-30)36-17-11-13-19-38(36)44/h7-8,10-14,16-29H,9,15H2,1-6H3. The molecule has 0 fully saturated rings. The van der Waals surface area contributed by atoms with Gasteiger partial charge in [0.05, 0.1) is 11.0 Å². The smallest absolute Gasteiger partial charge is 0.0541 e. The molecule has 0 aliphatic heterocycles. The average molecular weight is 610 g/mol.